The van der Waals surface area contributed by atoms with E-state index in [1.54, 1.807) is 0 Å². The van der Waals surface area contributed by atoms with Crippen LogP contribution in [0.1, 0.15) is 255 Å². The smallest absolute Gasteiger partial charge is 0.225 e. The number of aliphatic hydroxyl groups excluding tert-OH is 1. The summed E-state index contributed by atoms with van der Waals surface area (Å²) in [6.45, 7) is 26.5. The van der Waals surface area contributed by atoms with Gasteiger partial charge >= 0.3 is 0 Å². The van der Waals surface area contributed by atoms with Gasteiger partial charge < -0.3 is 20.6 Å². The van der Waals surface area contributed by atoms with Crippen LogP contribution in [0.2, 0.25) is 0 Å². The first-order valence-corrected chi connectivity index (χ1v) is 32.3. The molecule has 0 saturated heterocycles. The molecule has 0 fully saturated rings. The Hall–Kier alpha value is -3.24. The standard InChI is InChI=1S/C64H104N4O4S2/c1-13-18-20-22-24-26-28-30-32-34-38-73-40-36-57(69)66-53-44-55(65-46(6)15-3)51(63(9,10)17-5)42-49(53)59-61(71)60(62(59)72)50-43-52-56(68(47(7)16-4)48(8)64(52,11)12)45-54(50)67-58(70)37-41-74-39-35-33-31-29-27-25-23-21-19-14-2/h42-48,71H,13-41H2,1-12H3,(H,66,69)(H,67,70)/b59-49-,65-55?. The third-order valence-corrected chi connectivity index (χ3v) is 18.7. The molecule has 4 rings (SSSR count). The number of aliphatic imine (C=N–C) groups is 1. The number of hydrogen-bond acceptors (Lipinski definition) is 8. The number of carbonyl (C=O) groups is 3. The number of anilines is 2. The van der Waals surface area contributed by atoms with Gasteiger partial charge in [-0.25, -0.2) is 0 Å². The van der Waals surface area contributed by atoms with Crippen molar-refractivity contribution in [1.82, 2.24) is 5.32 Å². The van der Waals surface area contributed by atoms with Crippen molar-refractivity contribution in [3.8, 4) is 0 Å². The predicted octanol–water partition coefficient (Wildman–Crippen LogP) is 17.8. The van der Waals surface area contributed by atoms with Crippen LogP contribution < -0.4 is 15.5 Å². The first-order valence-electron chi connectivity index (χ1n) is 30.0. The molecule has 416 valence electrons. The summed E-state index contributed by atoms with van der Waals surface area (Å²) in [7, 11) is 0. The molecule has 2 amide bonds. The Kier molecular flexibility index (Phi) is 27.8. The van der Waals surface area contributed by atoms with E-state index in [0.29, 0.717) is 41.1 Å². The van der Waals surface area contributed by atoms with Crippen LogP contribution in [-0.2, 0) is 19.8 Å². The molecular formula is C64H104N4O4S2. The number of nitrogens with one attached hydrogen (secondary N) is 2. The SMILES string of the molecule is CCCCCCCCCCCCSCCC(=O)NC1=CC(=NC(C)CC)C(C(C)(C)CC)=C/C1=C1/C(=O)C(c2cc3c(cc2NC(=O)CCSCCCCCCCCCCCC)N(C(C)CC)C(C)C3(C)C)=C1O. The largest absolute Gasteiger partial charge is 0.506 e. The van der Waals surface area contributed by atoms with E-state index in [0.717, 1.165) is 65.5 Å². The minimum absolute atomic E-state index is 0.0515. The highest BCUT2D eigenvalue weighted by molar-refractivity contribution is 7.99. The Morgan fingerprint density at radius 1 is 0.703 bits per heavy atom. The van der Waals surface area contributed by atoms with Gasteiger partial charge in [-0.2, -0.15) is 23.5 Å². The topological polar surface area (TPSA) is 111 Å². The Morgan fingerprint density at radius 2 is 1.20 bits per heavy atom. The van der Waals surface area contributed by atoms with E-state index < -0.39 is 0 Å². The second-order valence-corrected chi connectivity index (χ2v) is 25.6. The number of allylic oxidation sites excluding steroid dienone is 5. The summed E-state index contributed by atoms with van der Waals surface area (Å²) in [6, 6.07) is 4.58. The fourth-order valence-electron chi connectivity index (χ4n) is 10.5. The lowest BCUT2D eigenvalue weighted by molar-refractivity contribution is -0.120. The quantitative estimate of drug-likeness (QED) is 0.0450. The zero-order valence-electron chi connectivity index (χ0n) is 48.9. The summed E-state index contributed by atoms with van der Waals surface area (Å²) in [5.41, 5.74) is 5.79. The minimum Gasteiger partial charge on any atom is -0.506 e. The molecule has 1 heterocycles. The van der Waals surface area contributed by atoms with Crippen molar-refractivity contribution >= 4 is 63.8 Å². The molecule has 0 saturated carbocycles. The van der Waals surface area contributed by atoms with Crippen LogP contribution in [0.5, 0.6) is 0 Å². The monoisotopic (exact) mass is 1060 g/mol. The number of thioether (sulfide) groups is 2. The molecule has 2 aliphatic carbocycles. The van der Waals surface area contributed by atoms with Gasteiger partial charge in [-0.05, 0) is 105 Å². The van der Waals surface area contributed by atoms with E-state index in [-0.39, 0.29) is 63.5 Å². The lowest BCUT2D eigenvalue weighted by Gasteiger charge is -2.35. The van der Waals surface area contributed by atoms with Crippen molar-refractivity contribution in [3.63, 3.8) is 0 Å². The molecule has 1 aromatic carbocycles. The predicted molar refractivity (Wildman–Crippen MR) is 325 cm³/mol. The van der Waals surface area contributed by atoms with Gasteiger partial charge in [0, 0.05) is 64.7 Å². The molecular weight excluding hydrogens is 953 g/mol. The Labute approximate surface area is 460 Å². The molecule has 0 aromatic heterocycles. The van der Waals surface area contributed by atoms with Crippen molar-refractivity contribution in [2.75, 3.05) is 33.2 Å². The van der Waals surface area contributed by atoms with Crippen molar-refractivity contribution in [2.45, 2.75) is 267 Å². The summed E-state index contributed by atoms with van der Waals surface area (Å²) in [4.78, 5) is 50.4. The van der Waals surface area contributed by atoms with E-state index in [4.69, 9.17) is 4.99 Å². The van der Waals surface area contributed by atoms with Gasteiger partial charge in [0.05, 0.1) is 28.2 Å². The number of hydrogen-bond donors (Lipinski definition) is 3. The van der Waals surface area contributed by atoms with Crippen LogP contribution in [-0.4, -0.2) is 69.6 Å². The van der Waals surface area contributed by atoms with E-state index in [9.17, 15) is 14.7 Å². The molecule has 3 atom stereocenters. The zero-order valence-corrected chi connectivity index (χ0v) is 50.6. The first kappa shape index (κ1) is 63.3. The molecule has 0 bridgehead atoms. The van der Waals surface area contributed by atoms with Gasteiger partial charge in [-0.3, -0.25) is 19.4 Å². The molecule has 74 heavy (non-hydrogen) atoms. The second-order valence-electron chi connectivity index (χ2n) is 23.1. The van der Waals surface area contributed by atoms with E-state index in [1.807, 2.05) is 35.7 Å². The van der Waals surface area contributed by atoms with Crippen LogP contribution in [0.3, 0.4) is 0 Å². The lowest BCUT2D eigenvalue weighted by Crippen LogP contribution is -2.43. The van der Waals surface area contributed by atoms with Crippen LogP contribution in [0.15, 0.2) is 57.5 Å². The number of amides is 2. The van der Waals surface area contributed by atoms with Crippen LogP contribution in [0.4, 0.5) is 11.4 Å². The van der Waals surface area contributed by atoms with Gasteiger partial charge in [0.15, 0.2) is 0 Å². The van der Waals surface area contributed by atoms with Gasteiger partial charge in [-0.15, -0.1) is 0 Å². The van der Waals surface area contributed by atoms with Gasteiger partial charge in [0.25, 0.3) is 0 Å². The number of nitrogens with zero attached hydrogens (tertiary/aromatic N) is 2. The van der Waals surface area contributed by atoms with E-state index >= 15 is 4.79 Å². The fraction of sp³-hybridized carbons (Fsp3) is 0.719. The molecule has 3 N–H and O–H groups in total. The highest BCUT2D eigenvalue weighted by Crippen LogP contribution is 2.52. The number of carbonyl (C=O) groups excluding carboxylic acids is 3. The van der Waals surface area contributed by atoms with Gasteiger partial charge in [-0.1, -0.05) is 178 Å². The maximum Gasteiger partial charge on any atom is 0.225 e. The molecule has 0 radical (unpaired) electrons. The molecule has 0 spiro atoms. The molecule has 8 nitrogen and oxygen atoms in total. The lowest BCUT2D eigenvalue weighted by atomic mass is 9.72. The van der Waals surface area contributed by atoms with Gasteiger partial charge in [0.2, 0.25) is 17.6 Å². The highest BCUT2D eigenvalue weighted by Gasteiger charge is 2.46. The number of benzene rings is 1. The molecule has 10 heteroatoms. The van der Waals surface area contributed by atoms with Crippen molar-refractivity contribution in [2.24, 2.45) is 10.4 Å². The Morgan fingerprint density at radius 3 is 1.68 bits per heavy atom. The minimum atomic E-state index is -0.308. The summed E-state index contributed by atoms with van der Waals surface area (Å²) in [5.74, 6) is 2.87. The van der Waals surface area contributed by atoms with Crippen molar-refractivity contribution < 1.29 is 19.5 Å². The number of Topliss-reactive ketones (excluding diaryl/α,β-unsaturated/α-hetero) is 1. The fourth-order valence-corrected chi connectivity index (χ4v) is 12.4. The number of ketones is 1. The highest BCUT2D eigenvalue weighted by atomic mass is 32.2. The number of aliphatic hydroxyl groups is 1. The number of rotatable bonds is 37. The number of unbranched alkanes of at least 4 members (excludes halogenated alkanes) is 18. The normalized spacial score (nSPS) is 18.9. The molecule has 1 aliphatic heterocycles. The summed E-state index contributed by atoms with van der Waals surface area (Å²) >= 11 is 3.66. The summed E-state index contributed by atoms with van der Waals surface area (Å²) in [5, 5.41) is 18.9. The second kappa shape index (κ2) is 32.5. The van der Waals surface area contributed by atoms with Crippen molar-refractivity contribution in [1.29, 1.82) is 0 Å². The Bertz CT molecular complexity index is 2130. The molecule has 3 aliphatic rings. The van der Waals surface area contributed by atoms with Crippen LogP contribution in [0, 0.1) is 5.41 Å². The average molecular weight is 1060 g/mol. The third kappa shape index (κ3) is 18.2. The Balaban J connectivity index is 1.60. The van der Waals surface area contributed by atoms with Crippen LogP contribution in [0.25, 0.3) is 5.57 Å². The van der Waals surface area contributed by atoms with E-state index in [1.165, 1.54) is 122 Å². The number of fused-ring (bicyclic) bond motifs is 1. The summed E-state index contributed by atoms with van der Waals surface area (Å²) in [6.07, 6.45) is 33.4. The van der Waals surface area contributed by atoms with E-state index in [2.05, 4.69) is 111 Å². The average Bonchev–Trinajstić information content (AvgIpc) is 3.56. The molecule has 3 unspecified atom stereocenters. The maximum absolute atomic E-state index is 15.0. The molecule has 1 aromatic rings. The first-order chi connectivity index (χ1) is 35.5. The zero-order chi connectivity index (χ0) is 54.3. The third-order valence-electron chi connectivity index (χ3n) is 16.6. The summed E-state index contributed by atoms with van der Waals surface area (Å²) < 4.78 is 0. The van der Waals surface area contributed by atoms with Gasteiger partial charge in [0.1, 0.15) is 5.76 Å². The maximum atomic E-state index is 15.0. The van der Waals surface area contributed by atoms with Crippen molar-refractivity contribution in [3.05, 3.63) is 63.6 Å². The van der Waals surface area contributed by atoms with Crippen LogP contribution >= 0.6 is 23.5 Å².